The van der Waals surface area contributed by atoms with E-state index in [1.807, 2.05) is 0 Å². The van der Waals surface area contributed by atoms with Gasteiger partial charge in [-0.05, 0) is 44.6 Å². The summed E-state index contributed by atoms with van der Waals surface area (Å²) in [7, 11) is 0. The first-order chi connectivity index (χ1) is 7.68. The molecule has 2 fully saturated rings. The van der Waals surface area contributed by atoms with Gasteiger partial charge in [-0.2, -0.15) is 0 Å². The summed E-state index contributed by atoms with van der Waals surface area (Å²) in [6.07, 6.45) is 9.72. The average Bonchev–Trinajstić information content (AvgIpc) is 2.85. The summed E-state index contributed by atoms with van der Waals surface area (Å²) in [5.74, 6) is 0.817. The van der Waals surface area contributed by atoms with Crippen LogP contribution in [-0.2, 0) is 0 Å². The summed E-state index contributed by atoms with van der Waals surface area (Å²) in [4.78, 5) is 2.79. The molecule has 0 heterocycles. The van der Waals surface area contributed by atoms with Crippen molar-refractivity contribution in [1.82, 2.24) is 4.90 Å². The molecule has 0 amide bonds. The molecule has 0 saturated heterocycles. The number of hydrogen-bond donors (Lipinski definition) is 1. The lowest BCUT2D eigenvalue weighted by Crippen LogP contribution is -2.48. The van der Waals surface area contributed by atoms with Gasteiger partial charge in [-0.25, -0.2) is 0 Å². The van der Waals surface area contributed by atoms with E-state index in [-0.39, 0.29) is 0 Å². The van der Waals surface area contributed by atoms with Gasteiger partial charge in [0.25, 0.3) is 0 Å². The van der Waals surface area contributed by atoms with Gasteiger partial charge in [0.15, 0.2) is 0 Å². The molecule has 94 valence electrons. The highest BCUT2D eigenvalue weighted by Gasteiger charge is 2.49. The third-order valence-corrected chi connectivity index (χ3v) is 4.53. The largest absolute Gasteiger partial charge is 0.329 e. The van der Waals surface area contributed by atoms with Crippen LogP contribution < -0.4 is 5.73 Å². The van der Waals surface area contributed by atoms with E-state index in [4.69, 9.17) is 5.73 Å². The van der Waals surface area contributed by atoms with Crippen molar-refractivity contribution in [3.8, 4) is 0 Å². The molecule has 0 aromatic heterocycles. The van der Waals surface area contributed by atoms with Crippen LogP contribution in [0.5, 0.6) is 0 Å². The van der Waals surface area contributed by atoms with Gasteiger partial charge in [-0.3, -0.25) is 4.90 Å². The summed E-state index contributed by atoms with van der Waals surface area (Å²) in [6.45, 7) is 6.81. The van der Waals surface area contributed by atoms with Gasteiger partial charge >= 0.3 is 0 Å². The van der Waals surface area contributed by atoms with Gasteiger partial charge in [0.05, 0.1) is 0 Å². The third kappa shape index (κ3) is 2.60. The van der Waals surface area contributed by atoms with Crippen LogP contribution in [0.25, 0.3) is 0 Å². The fourth-order valence-electron chi connectivity index (χ4n) is 3.17. The zero-order valence-electron chi connectivity index (χ0n) is 11.0. The zero-order valence-corrected chi connectivity index (χ0v) is 11.0. The quantitative estimate of drug-likeness (QED) is 0.751. The molecule has 2 aliphatic carbocycles. The maximum Gasteiger partial charge on any atom is 0.0336 e. The lowest BCUT2D eigenvalue weighted by atomic mass is 10.0. The monoisotopic (exact) mass is 224 g/mol. The Bertz CT molecular complexity index is 215. The average molecular weight is 224 g/mol. The fourth-order valence-corrected chi connectivity index (χ4v) is 3.17. The highest BCUT2D eigenvalue weighted by atomic mass is 15.3. The molecule has 0 radical (unpaired) electrons. The van der Waals surface area contributed by atoms with E-state index in [0.29, 0.717) is 5.54 Å². The van der Waals surface area contributed by atoms with Gasteiger partial charge < -0.3 is 5.73 Å². The summed E-state index contributed by atoms with van der Waals surface area (Å²) in [5.41, 5.74) is 6.42. The summed E-state index contributed by atoms with van der Waals surface area (Å²) >= 11 is 0. The van der Waals surface area contributed by atoms with E-state index in [1.165, 1.54) is 51.5 Å². The van der Waals surface area contributed by atoms with Crippen molar-refractivity contribution >= 4 is 0 Å². The molecule has 0 aromatic rings. The first-order valence-corrected chi connectivity index (χ1v) is 7.15. The molecule has 0 bridgehead atoms. The molecule has 2 aliphatic rings. The lowest BCUT2D eigenvalue weighted by molar-refractivity contribution is 0.115. The van der Waals surface area contributed by atoms with Crippen LogP contribution in [0, 0.1) is 5.92 Å². The molecule has 0 aromatic carbocycles. The predicted octanol–water partition coefficient (Wildman–Crippen LogP) is 2.77. The number of hydrogen-bond acceptors (Lipinski definition) is 2. The van der Waals surface area contributed by atoms with Crippen LogP contribution in [0.3, 0.4) is 0 Å². The van der Waals surface area contributed by atoms with Crippen molar-refractivity contribution in [2.45, 2.75) is 70.4 Å². The summed E-state index contributed by atoms with van der Waals surface area (Å²) in [6, 6.07) is 0.852. The molecule has 0 spiro atoms. The molecule has 2 nitrogen and oxygen atoms in total. The second-order valence-electron chi connectivity index (χ2n) is 6.24. The van der Waals surface area contributed by atoms with Crippen molar-refractivity contribution in [3.05, 3.63) is 0 Å². The molecule has 0 aliphatic heterocycles. The number of nitrogens with zero attached hydrogens (tertiary/aromatic N) is 1. The maximum absolute atomic E-state index is 6.00. The predicted molar refractivity (Wildman–Crippen MR) is 69.4 cm³/mol. The second kappa shape index (κ2) is 5.05. The van der Waals surface area contributed by atoms with Crippen LogP contribution in [0.15, 0.2) is 0 Å². The summed E-state index contributed by atoms with van der Waals surface area (Å²) < 4.78 is 0. The number of nitrogens with two attached hydrogens (primary N) is 1. The highest BCUT2D eigenvalue weighted by molar-refractivity contribution is 5.07. The second-order valence-corrected chi connectivity index (χ2v) is 6.24. The van der Waals surface area contributed by atoms with E-state index in [9.17, 15) is 0 Å². The first kappa shape index (κ1) is 12.4. The Balaban J connectivity index is 1.95. The zero-order chi connectivity index (χ0) is 11.6. The minimum atomic E-state index is 0.421. The summed E-state index contributed by atoms with van der Waals surface area (Å²) in [5, 5.41) is 0. The Morgan fingerprint density at radius 2 is 1.88 bits per heavy atom. The Morgan fingerprint density at radius 1 is 1.25 bits per heavy atom. The van der Waals surface area contributed by atoms with Crippen molar-refractivity contribution < 1.29 is 0 Å². The normalized spacial score (nSPS) is 24.6. The Labute approximate surface area is 101 Å². The SMILES string of the molecule is CC(C)CCN(C1CCCC1)C1(CN)CC1. The van der Waals surface area contributed by atoms with Crippen LogP contribution in [0.1, 0.15) is 58.8 Å². The minimum Gasteiger partial charge on any atom is -0.329 e. The van der Waals surface area contributed by atoms with Crippen LogP contribution in [-0.4, -0.2) is 29.6 Å². The topological polar surface area (TPSA) is 29.3 Å². The van der Waals surface area contributed by atoms with Gasteiger partial charge in [-0.15, -0.1) is 0 Å². The Hall–Kier alpha value is -0.0800. The van der Waals surface area contributed by atoms with E-state index in [0.717, 1.165) is 18.5 Å². The molecule has 2 saturated carbocycles. The smallest absolute Gasteiger partial charge is 0.0336 e. The maximum atomic E-state index is 6.00. The molecule has 2 rings (SSSR count). The molecule has 0 atom stereocenters. The van der Waals surface area contributed by atoms with E-state index < -0.39 is 0 Å². The van der Waals surface area contributed by atoms with Gasteiger partial charge in [0.2, 0.25) is 0 Å². The van der Waals surface area contributed by atoms with Gasteiger partial charge in [-0.1, -0.05) is 26.7 Å². The van der Waals surface area contributed by atoms with Crippen molar-refractivity contribution in [2.75, 3.05) is 13.1 Å². The van der Waals surface area contributed by atoms with E-state index in [1.54, 1.807) is 0 Å². The van der Waals surface area contributed by atoms with Crippen LogP contribution >= 0.6 is 0 Å². The highest BCUT2D eigenvalue weighted by Crippen LogP contribution is 2.44. The lowest BCUT2D eigenvalue weighted by Gasteiger charge is -2.37. The van der Waals surface area contributed by atoms with Crippen LogP contribution in [0.4, 0.5) is 0 Å². The number of rotatable bonds is 6. The Morgan fingerprint density at radius 3 is 2.31 bits per heavy atom. The minimum absolute atomic E-state index is 0.421. The van der Waals surface area contributed by atoms with E-state index >= 15 is 0 Å². The van der Waals surface area contributed by atoms with Crippen LogP contribution in [0.2, 0.25) is 0 Å². The fraction of sp³-hybridized carbons (Fsp3) is 1.00. The standard InChI is InChI=1S/C14H28N2/c1-12(2)7-10-16(13-5-3-4-6-13)14(11-15)8-9-14/h12-13H,3-11,15H2,1-2H3. The Kier molecular flexibility index (Phi) is 3.91. The van der Waals surface area contributed by atoms with Crippen molar-refractivity contribution in [3.63, 3.8) is 0 Å². The van der Waals surface area contributed by atoms with Crippen molar-refractivity contribution in [2.24, 2.45) is 11.7 Å². The van der Waals surface area contributed by atoms with E-state index in [2.05, 4.69) is 18.7 Å². The third-order valence-electron chi connectivity index (χ3n) is 4.53. The van der Waals surface area contributed by atoms with Gasteiger partial charge in [0, 0.05) is 18.1 Å². The molecular formula is C14H28N2. The first-order valence-electron chi connectivity index (χ1n) is 7.15. The molecular weight excluding hydrogens is 196 g/mol. The molecule has 2 N–H and O–H groups in total. The molecule has 2 heteroatoms. The van der Waals surface area contributed by atoms with Crippen molar-refractivity contribution in [1.29, 1.82) is 0 Å². The molecule has 0 unspecified atom stereocenters. The van der Waals surface area contributed by atoms with Gasteiger partial charge in [0.1, 0.15) is 0 Å². The molecule has 16 heavy (non-hydrogen) atoms.